The van der Waals surface area contributed by atoms with Gasteiger partial charge in [0, 0.05) is 11.8 Å². The van der Waals surface area contributed by atoms with Crippen LogP contribution in [0.25, 0.3) is 5.69 Å². The van der Waals surface area contributed by atoms with E-state index in [4.69, 9.17) is 0 Å². The van der Waals surface area contributed by atoms with E-state index in [1.54, 1.807) is 10.7 Å². The maximum atomic E-state index is 10.7. The topological polar surface area (TPSA) is 34.9 Å². The lowest BCUT2D eigenvalue weighted by molar-refractivity contribution is 0.112. The van der Waals surface area contributed by atoms with E-state index in [-0.39, 0.29) is 5.41 Å². The van der Waals surface area contributed by atoms with Crippen LogP contribution in [0, 0.1) is 0 Å². The molecule has 88 valence electrons. The van der Waals surface area contributed by atoms with E-state index in [0.717, 1.165) is 12.0 Å². The predicted molar refractivity (Wildman–Crippen MR) is 67.7 cm³/mol. The summed E-state index contributed by atoms with van der Waals surface area (Å²) in [7, 11) is 0. The molecule has 0 aliphatic carbocycles. The molecule has 2 rings (SSSR count). The van der Waals surface area contributed by atoms with Gasteiger partial charge in [-0.3, -0.25) is 4.79 Å². The Morgan fingerprint density at radius 3 is 2.65 bits per heavy atom. The molecule has 0 spiro atoms. The molecular weight excluding hydrogens is 212 g/mol. The van der Waals surface area contributed by atoms with Crippen molar-refractivity contribution in [3.63, 3.8) is 0 Å². The molecule has 1 heterocycles. The average Bonchev–Trinajstić information content (AvgIpc) is 2.78. The summed E-state index contributed by atoms with van der Waals surface area (Å²) in [5, 5.41) is 4.33. The van der Waals surface area contributed by atoms with Crippen molar-refractivity contribution in [2.24, 2.45) is 0 Å². The molecule has 0 bridgehead atoms. The van der Waals surface area contributed by atoms with Crippen LogP contribution in [-0.4, -0.2) is 16.1 Å². The molecule has 0 atom stereocenters. The summed E-state index contributed by atoms with van der Waals surface area (Å²) in [4.78, 5) is 10.7. The fraction of sp³-hybridized carbons (Fsp3) is 0.286. The number of rotatable bonds is 2. The smallest absolute Gasteiger partial charge is 0.150 e. The minimum absolute atomic E-state index is 0.0838. The molecule has 0 aliphatic rings. The van der Waals surface area contributed by atoms with Crippen molar-refractivity contribution in [1.29, 1.82) is 0 Å². The lowest BCUT2D eigenvalue weighted by Crippen LogP contribution is -2.09. The van der Waals surface area contributed by atoms with E-state index >= 15 is 0 Å². The molecule has 2 aromatic rings. The van der Waals surface area contributed by atoms with Gasteiger partial charge in [-0.05, 0) is 23.1 Å². The Morgan fingerprint density at radius 1 is 1.29 bits per heavy atom. The van der Waals surface area contributed by atoms with Gasteiger partial charge in [-0.15, -0.1) is 0 Å². The monoisotopic (exact) mass is 228 g/mol. The van der Waals surface area contributed by atoms with E-state index in [0.29, 0.717) is 5.56 Å². The molecular formula is C14H16N2O. The van der Waals surface area contributed by atoms with Gasteiger partial charge in [0.05, 0.1) is 11.9 Å². The van der Waals surface area contributed by atoms with Crippen molar-refractivity contribution in [3.8, 4) is 5.69 Å². The first-order chi connectivity index (χ1) is 8.00. The highest BCUT2D eigenvalue weighted by atomic mass is 16.1. The Balaban J connectivity index is 2.40. The highest BCUT2D eigenvalue weighted by Gasteiger charge is 2.15. The van der Waals surface area contributed by atoms with Crippen LogP contribution in [0.1, 0.15) is 36.7 Å². The summed E-state index contributed by atoms with van der Waals surface area (Å²) >= 11 is 0. The molecule has 0 unspecified atom stereocenters. The minimum atomic E-state index is 0.0838. The molecule has 3 nitrogen and oxygen atoms in total. The minimum Gasteiger partial charge on any atom is -0.298 e. The first-order valence-electron chi connectivity index (χ1n) is 5.61. The highest BCUT2D eigenvalue weighted by Crippen LogP contribution is 2.22. The quantitative estimate of drug-likeness (QED) is 0.741. The van der Waals surface area contributed by atoms with Crippen LogP contribution >= 0.6 is 0 Å². The van der Waals surface area contributed by atoms with Crippen LogP contribution < -0.4 is 0 Å². The van der Waals surface area contributed by atoms with Crippen molar-refractivity contribution in [3.05, 3.63) is 47.8 Å². The first-order valence-corrected chi connectivity index (χ1v) is 5.61. The fourth-order valence-electron chi connectivity index (χ4n) is 1.59. The number of hydrogen-bond donors (Lipinski definition) is 0. The van der Waals surface area contributed by atoms with Gasteiger partial charge in [0.1, 0.15) is 6.29 Å². The van der Waals surface area contributed by atoms with E-state index in [9.17, 15) is 4.79 Å². The van der Waals surface area contributed by atoms with Gasteiger partial charge < -0.3 is 0 Å². The summed E-state index contributed by atoms with van der Waals surface area (Å²) in [6.07, 6.45) is 4.72. The molecule has 0 N–H and O–H groups in total. The van der Waals surface area contributed by atoms with Crippen LogP contribution in [0.2, 0.25) is 0 Å². The van der Waals surface area contributed by atoms with Gasteiger partial charge >= 0.3 is 0 Å². The normalized spacial score (nSPS) is 11.5. The third-order valence-electron chi connectivity index (χ3n) is 2.72. The Kier molecular flexibility index (Phi) is 2.84. The van der Waals surface area contributed by atoms with Crippen LogP contribution in [0.3, 0.4) is 0 Å². The van der Waals surface area contributed by atoms with Crippen molar-refractivity contribution in [2.45, 2.75) is 26.2 Å². The predicted octanol–water partition coefficient (Wildman–Crippen LogP) is 2.98. The van der Waals surface area contributed by atoms with Crippen molar-refractivity contribution < 1.29 is 4.79 Å². The van der Waals surface area contributed by atoms with Crippen LogP contribution in [0.4, 0.5) is 0 Å². The molecule has 0 saturated carbocycles. The maximum absolute atomic E-state index is 10.7. The van der Waals surface area contributed by atoms with Crippen LogP contribution in [0.5, 0.6) is 0 Å². The second-order valence-corrected chi connectivity index (χ2v) is 5.14. The van der Waals surface area contributed by atoms with Gasteiger partial charge in [0.15, 0.2) is 0 Å². The Bertz CT molecular complexity index is 535. The number of aldehydes is 1. The zero-order chi connectivity index (χ0) is 12.5. The van der Waals surface area contributed by atoms with Crippen LogP contribution in [0.15, 0.2) is 36.7 Å². The standard InChI is InChI=1S/C14H16N2O/c1-14(2,3)12-8-15-16(9-12)13-6-4-5-11(7-13)10-17/h4-10H,1-3H3. The number of benzene rings is 1. The summed E-state index contributed by atoms with van der Waals surface area (Å²) in [6.45, 7) is 6.45. The number of carbonyl (C=O) groups excluding carboxylic acids is 1. The summed E-state index contributed by atoms with van der Waals surface area (Å²) in [6, 6.07) is 7.40. The lowest BCUT2D eigenvalue weighted by atomic mass is 9.90. The van der Waals surface area contributed by atoms with Crippen molar-refractivity contribution in [1.82, 2.24) is 9.78 Å². The maximum Gasteiger partial charge on any atom is 0.150 e. The number of nitrogens with zero attached hydrogens (tertiary/aromatic N) is 2. The SMILES string of the molecule is CC(C)(C)c1cnn(-c2cccc(C=O)c2)c1. The second-order valence-electron chi connectivity index (χ2n) is 5.14. The van der Waals surface area contributed by atoms with E-state index in [1.165, 1.54) is 5.56 Å². The summed E-state index contributed by atoms with van der Waals surface area (Å²) < 4.78 is 1.80. The molecule has 1 aromatic carbocycles. The Hall–Kier alpha value is -1.90. The Morgan fingerprint density at radius 2 is 2.06 bits per heavy atom. The molecule has 0 radical (unpaired) electrons. The third-order valence-corrected chi connectivity index (χ3v) is 2.72. The zero-order valence-electron chi connectivity index (χ0n) is 10.3. The first kappa shape index (κ1) is 11.6. The summed E-state index contributed by atoms with van der Waals surface area (Å²) in [5.74, 6) is 0. The molecule has 0 amide bonds. The van der Waals surface area contributed by atoms with Gasteiger partial charge in [-0.25, -0.2) is 4.68 Å². The molecule has 0 fully saturated rings. The van der Waals surface area contributed by atoms with E-state index < -0.39 is 0 Å². The van der Waals surface area contributed by atoms with E-state index in [2.05, 4.69) is 25.9 Å². The second kappa shape index (κ2) is 4.17. The third kappa shape index (κ3) is 2.44. The van der Waals surface area contributed by atoms with Crippen molar-refractivity contribution in [2.75, 3.05) is 0 Å². The van der Waals surface area contributed by atoms with Gasteiger partial charge in [0.2, 0.25) is 0 Å². The Labute approximate surface area is 101 Å². The molecule has 3 heteroatoms. The number of aromatic nitrogens is 2. The molecule has 17 heavy (non-hydrogen) atoms. The number of hydrogen-bond acceptors (Lipinski definition) is 2. The number of carbonyl (C=O) groups is 1. The highest BCUT2D eigenvalue weighted by molar-refractivity contribution is 5.75. The van der Waals surface area contributed by atoms with Crippen LogP contribution in [-0.2, 0) is 5.41 Å². The molecule has 1 aromatic heterocycles. The summed E-state index contributed by atoms with van der Waals surface area (Å²) in [5.41, 5.74) is 2.83. The zero-order valence-corrected chi connectivity index (χ0v) is 10.3. The fourth-order valence-corrected chi connectivity index (χ4v) is 1.59. The molecule has 0 aliphatic heterocycles. The van der Waals surface area contributed by atoms with Gasteiger partial charge in [-0.1, -0.05) is 32.9 Å². The van der Waals surface area contributed by atoms with Gasteiger partial charge in [-0.2, -0.15) is 5.10 Å². The van der Waals surface area contributed by atoms with E-state index in [1.807, 2.05) is 30.6 Å². The van der Waals surface area contributed by atoms with Gasteiger partial charge in [0.25, 0.3) is 0 Å². The van der Waals surface area contributed by atoms with Crippen molar-refractivity contribution >= 4 is 6.29 Å². The largest absolute Gasteiger partial charge is 0.298 e. The lowest BCUT2D eigenvalue weighted by Gasteiger charge is -2.15. The molecule has 0 saturated heterocycles. The average molecular weight is 228 g/mol.